The van der Waals surface area contributed by atoms with E-state index in [1.54, 1.807) is 32.7 Å². The van der Waals surface area contributed by atoms with Gasteiger partial charge < -0.3 is 25.0 Å². The number of nitrogens with zero attached hydrogens (tertiary/aromatic N) is 3. The molecule has 2 aliphatic rings. The Kier molecular flexibility index (Phi) is 8.57. The van der Waals surface area contributed by atoms with Crippen LogP contribution in [0.3, 0.4) is 0 Å². The predicted molar refractivity (Wildman–Crippen MR) is 136 cm³/mol. The van der Waals surface area contributed by atoms with Gasteiger partial charge in [0.15, 0.2) is 0 Å². The van der Waals surface area contributed by atoms with E-state index in [1.807, 2.05) is 30.3 Å². The number of hydrogen-bond acceptors (Lipinski definition) is 7. The van der Waals surface area contributed by atoms with Crippen LogP contribution in [0.2, 0.25) is 0 Å². The lowest BCUT2D eigenvalue weighted by Crippen LogP contribution is -2.61. The van der Waals surface area contributed by atoms with Gasteiger partial charge >= 0.3 is 6.09 Å². The number of fused-ring (bicyclic) bond motifs is 1. The lowest BCUT2D eigenvalue weighted by Gasteiger charge is -2.34. The Bertz CT molecular complexity index is 1050. The van der Waals surface area contributed by atoms with E-state index in [4.69, 9.17) is 9.47 Å². The van der Waals surface area contributed by atoms with Crippen LogP contribution in [0.5, 0.6) is 0 Å². The normalized spacial score (nSPS) is 18.6. The Hall–Kier alpha value is -3.47. The van der Waals surface area contributed by atoms with Crippen molar-refractivity contribution < 1.29 is 28.7 Å². The van der Waals surface area contributed by atoms with Crippen molar-refractivity contribution >= 4 is 29.5 Å². The smallest absolute Gasteiger partial charge is 0.408 e. The molecule has 1 fully saturated rings. The van der Waals surface area contributed by atoms with E-state index in [-0.39, 0.29) is 31.6 Å². The van der Waals surface area contributed by atoms with Gasteiger partial charge in [-0.3, -0.25) is 14.4 Å². The first-order chi connectivity index (χ1) is 17.3. The van der Waals surface area contributed by atoms with E-state index in [2.05, 4.69) is 15.7 Å². The molecule has 1 aromatic carbocycles. The maximum Gasteiger partial charge on any atom is 0.408 e. The molecule has 202 valence electrons. The van der Waals surface area contributed by atoms with Crippen molar-refractivity contribution in [2.45, 2.75) is 64.8 Å². The summed E-state index contributed by atoms with van der Waals surface area (Å²) in [6.45, 7) is 8.94. The topological polar surface area (TPSA) is 130 Å². The fourth-order valence-corrected chi connectivity index (χ4v) is 4.07. The molecule has 2 atom stereocenters. The first-order valence-electron chi connectivity index (χ1n) is 12.3. The summed E-state index contributed by atoms with van der Waals surface area (Å²) in [7, 11) is 1.60. The van der Waals surface area contributed by atoms with Crippen molar-refractivity contribution in [1.82, 2.24) is 20.5 Å². The first-order valence-corrected chi connectivity index (χ1v) is 12.3. The number of carbonyl (C=O) groups is 4. The largest absolute Gasteiger partial charge is 0.444 e. The van der Waals surface area contributed by atoms with Gasteiger partial charge in [-0.1, -0.05) is 30.3 Å². The van der Waals surface area contributed by atoms with Crippen LogP contribution in [-0.4, -0.2) is 83.4 Å². The molecule has 1 aromatic rings. The van der Waals surface area contributed by atoms with E-state index in [9.17, 15) is 19.2 Å². The van der Waals surface area contributed by atoms with Gasteiger partial charge in [0.2, 0.25) is 11.8 Å². The van der Waals surface area contributed by atoms with Gasteiger partial charge in [0.05, 0.1) is 24.8 Å². The zero-order valence-electron chi connectivity index (χ0n) is 22.4. The Morgan fingerprint density at radius 2 is 1.81 bits per heavy atom. The third-order valence-electron chi connectivity index (χ3n) is 6.03. The van der Waals surface area contributed by atoms with Crippen LogP contribution in [-0.2, 0) is 30.5 Å². The van der Waals surface area contributed by atoms with Gasteiger partial charge in [-0.05, 0) is 40.2 Å². The van der Waals surface area contributed by atoms with Crippen molar-refractivity contribution in [2.75, 3.05) is 26.7 Å². The highest BCUT2D eigenvalue weighted by molar-refractivity contribution is 6.09. The molecule has 11 nitrogen and oxygen atoms in total. The second-order valence-corrected chi connectivity index (χ2v) is 10.8. The predicted octanol–water partition coefficient (Wildman–Crippen LogP) is 1.67. The third-order valence-corrected chi connectivity index (χ3v) is 6.03. The molecule has 4 amide bonds. The number of hydrogen-bond donors (Lipinski definition) is 2. The molecule has 0 radical (unpaired) electrons. The van der Waals surface area contributed by atoms with Crippen molar-refractivity contribution in [3.05, 3.63) is 35.9 Å². The number of carbonyl (C=O) groups excluding carboxylic acids is 4. The minimum absolute atomic E-state index is 0.0854. The summed E-state index contributed by atoms with van der Waals surface area (Å²) in [6, 6.07) is 8.44. The third kappa shape index (κ3) is 7.51. The fourth-order valence-electron chi connectivity index (χ4n) is 4.07. The van der Waals surface area contributed by atoms with Crippen LogP contribution in [0.25, 0.3) is 0 Å². The van der Waals surface area contributed by atoms with E-state index in [1.165, 1.54) is 18.9 Å². The molecule has 0 aromatic heterocycles. The molecular formula is C26H37N5O6. The van der Waals surface area contributed by atoms with E-state index >= 15 is 0 Å². The molecule has 2 heterocycles. The summed E-state index contributed by atoms with van der Waals surface area (Å²) in [5, 5.41) is 10.9. The van der Waals surface area contributed by atoms with Crippen molar-refractivity contribution in [1.29, 1.82) is 0 Å². The second-order valence-electron chi connectivity index (χ2n) is 10.8. The molecule has 0 aliphatic carbocycles. The Morgan fingerprint density at radius 3 is 2.46 bits per heavy atom. The molecule has 0 spiro atoms. The van der Waals surface area contributed by atoms with Gasteiger partial charge in [-0.15, -0.1) is 0 Å². The molecule has 0 saturated carbocycles. The average Bonchev–Trinajstić information content (AvgIpc) is 3.09. The van der Waals surface area contributed by atoms with Crippen LogP contribution < -0.4 is 10.6 Å². The van der Waals surface area contributed by atoms with Crippen LogP contribution >= 0.6 is 0 Å². The molecule has 1 unspecified atom stereocenters. The van der Waals surface area contributed by atoms with Crippen molar-refractivity contribution in [3.8, 4) is 0 Å². The Balaban J connectivity index is 1.70. The minimum Gasteiger partial charge on any atom is -0.444 e. The number of benzene rings is 1. The molecule has 3 rings (SSSR count). The molecule has 11 heteroatoms. The van der Waals surface area contributed by atoms with Gasteiger partial charge in [0.25, 0.3) is 5.91 Å². The molecule has 0 bridgehead atoms. The molecule has 2 N–H and O–H groups in total. The zero-order valence-corrected chi connectivity index (χ0v) is 22.4. The number of ether oxygens (including phenoxy) is 2. The zero-order chi connectivity index (χ0) is 27.4. The van der Waals surface area contributed by atoms with E-state index in [0.717, 1.165) is 11.3 Å². The van der Waals surface area contributed by atoms with Crippen molar-refractivity contribution in [3.63, 3.8) is 0 Å². The highest BCUT2D eigenvalue weighted by Gasteiger charge is 2.42. The van der Waals surface area contributed by atoms with Gasteiger partial charge in [0.1, 0.15) is 17.2 Å². The van der Waals surface area contributed by atoms with E-state index < -0.39 is 35.1 Å². The highest BCUT2D eigenvalue weighted by Crippen LogP contribution is 2.23. The molecular weight excluding hydrogens is 478 g/mol. The SMILES string of the molecule is CN1N=C2CCN(C(=O)[C@@H](COCc3ccccc3)NC(=O)C(C)(C)NC(=O)OC(C)(C)C)CC2C1=O. The Morgan fingerprint density at radius 1 is 1.14 bits per heavy atom. The number of rotatable bonds is 8. The van der Waals surface area contributed by atoms with E-state index in [0.29, 0.717) is 13.0 Å². The molecule has 2 aliphatic heterocycles. The maximum absolute atomic E-state index is 13.5. The number of nitrogens with one attached hydrogen (secondary N) is 2. The molecule has 37 heavy (non-hydrogen) atoms. The monoisotopic (exact) mass is 515 g/mol. The summed E-state index contributed by atoms with van der Waals surface area (Å²) < 4.78 is 11.1. The van der Waals surface area contributed by atoms with Crippen LogP contribution in [0, 0.1) is 5.92 Å². The van der Waals surface area contributed by atoms with Crippen LogP contribution in [0.4, 0.5) is 4.79 Å². The van der Waals surface area contributed by atoms with Gasteiger partial charge in [-0.25, -0.2) is 9.80 Å². The van der Waals surface area contributed by atoms with Crippen LogP contribution in [0.1, 0.15) is 46.6 Å². The van der Waals surface area contributed by atoms with Crippen LogP contribution in [0.15, 0.2) is 35.4 Å². The van der Waals surface area contributed by atoms with Gasteiger partial charge in [-0.2, -0.15) is 5.10 Å². The molecule has 1 saturated heterocycles. The number of piperidine rings is 1. The lowest BCUT2D eigenvalue weighted by molar-refractivity contribution is -0.141. The maximum atomic E-state index is 13.5. The minimum atomic E-state index is -1.37. The highest BCUT2D eigenvalue weighted by atomic mass is 16.6. The number of likely N-dealkylation sites (tertiary alicyclic amines) is 1. The first kappa shape index (κ1) is 28.1. The second kappa shape index (κ2) is 11.3. The Labute approximate surface area is 217 Å². The number of hydrazone groups is 1. The summed E-state index contributed by atoms with van der Waals surface area (Å²) in [5.74, 6) is -1.57. The number of alkyl carbamates (subject to hydrolysis) is 1. The van der Waals surface area contributed by atoms with Crippen molar-refractivity contribution in [2.24, 2.45) is 11.0 Å². The summed E-state index contributed by atoms with van der Waals surface area (Å²) >= 11 is 0. The quantitative estimate of drug-likeness (QED) is 0.542. The summed E-state index contributed by atoms with van der Waals surface area (Å²) in [6.07, 6.45) is -0.272. The standard InChI is InChI=1S/C26H37N5O6/c1-25(2,3)37-24(35)28-26(4,5)23(34)27-20(16-36-15-17-10-8-7-9-11-17)22(33)31-13-12-19-18(14-31)21(32)30(6)29-19/h7-11,18,20H,12-16H2,1-6H3,(H,27,34)(H,28,35)/t18?,20-/m1/s1. The fraction of sp³-hybridized carbons (Fsp3) is 0.577. The summed E-state index contributed by atoms with van der Waals surface area (Å²) in [5.41, 5.74) is -0.417. The lowest BCUT2D eigenvalue weighted by atomic mass is 9.95. The average molecular weight is 516 g/mol. The van der Waals surface area contributed by atoms with Gasteiger partial charge in [0, 0.05) is 26.6 Å². The summed E-state index contributed by atoms with van der Waals surface area (Å²) in [4.78, 5) is 53.0. The number of amides is 4.